The van der Waals surface area contributed by atoms with E-state index in [1.165, 1.54) is 13.3 Å². The first-order valence-corrected chi connectivity index (χ1v) is 8.91. The molecule has 2 rings (SSSR count). The van der Waals surface area contributed by atoms with Gasteiger partial charge in [-0.25, -0.2) is 5.43 Å². The standard InChI is InChI=1S/C18H17BrClN3O4/c1-10-3-4-12(7-14(10)20)22-16(24)8-17(25)23-21-9-11-5-13(19)18(26)15(6-11)27-2/h3-7,9,26H,8H2,1-2H3,(H,22,24)(H,23,25)/b21-9+. The van der Waals surface area contributed by atoms with Gasteiger partial charge >= 0.3 is 0 Å². The minimum absolute atomic E-state index is 0.0356. The normalized spacial score (nSPS) is 10.7. The van der Waals surface area contributed by atoms with Gasteiger partial charge in [0.2, 0.25) is 11.8 Å². The Hall–Kier alpha value is -2.58. The van der Waals surface area contributed by atoms with E-state index in [-0.39, 0.29) is 11.5 Å². The third-order valence-electron chi connectivity index (χ3n) is 3.45. The number of rotatable bonds is 6. The topological polar surface area (TPSA) is 100 Å². The van der Waals surface area contributed by atoms with Gasteiger partial charge in [-0.2, -0.15) is 5.10 Å². The van der Waals surface area contributed by atoms with Gasteiger partial charge in [0.25, 0.3) is 0 Å². The molecular weight excluding hydrogens is 438 g/mol. The number of hydrogen-bond acceptors (Lipinski definition) is 5. The minimum atomic E-state index is -0.577. The lowest BCUT2D eigenvalue weighted by Gasteiger charge is -2.07. The number of aryl methyl sites for hydroxylation is 1. The van der Waals surface area contributed by atoms with Crippen molar-refractivity contribution >= 4 is 51.2 Å². The van der Waals surface area contributed by atoms with Crippen LogP contribution in [0.4, 0.5) is 5.69 Å². The van der Waals surface area contributed by atoms with E-state index in [0.29, 0.717) is 20.7 Å². The van der Waals surface area contributed by atoms with Gasteiger partial charge in [-0.05, 0) is 58.2 Å². The maximum atomic E-state index is 11.9. The fourth-order valence-corrected chi connectivity index (χ4v) is 2.70. The Morgan fingerprint density at radius 2 is 2.04 bits per heavy atom. The molecule has 0 radical (unpaired) electrons. The highest BCUT2D eigenvalue weighted by Crippen LogP contribution is 2.34. The molecule has 0 saturated carbocycles. The summed E-state index contributed by atoms with van der Waals surface area (Å²) in [5.74, 6) is -0.844. The number of carbonyl (C=O) groups is 2. The van der Waals surface area contributed by atoms with Crippen LogP contribution >= 0.6 is 27.5 Å². The summed E-state index contributed by atoms with van der Waals surface area (Å²) < 4.78 is 5.45. The van der Waals surface area contributed by atoms with Crippen molar-refractivity contribution in [1.29, 1.82) is 0 Å². The van der Waals surface area contributed by atoms with Crippen LogP contribution in [0, 0.1) is 6.92 Å². The summed E-state index contributed by atoms with van der Waals surface area (Å²) in [5.41, 5.74) is 4.24. The van der Waals surface area contributed by atoms with Gasteiger partial charge in [0.05, 0.1) is 17.8 Å². The summed E-state index contributed by atoms with van der Waals surface area (Å²) >= 11 is 9.19. The Balaban J connectivity index is 1.90. The average Bonchev–Trinajstić information content (AvgIpc) is 2.60. The number of nitrogens with zero attached hydrogens (tertiary/aromatic N) is 1. The van der Waals surface area contributed by atoms with Crippen molar-refractivity contribution in [2.24, 2.45) is 5.10 Å². The predicted molar refractivity (Wildman–Crippen MR) is 108 cm³/mol. The number of amides is 2. The van der Waals surface area contributed by atoms with Crippen LogP contribution in [-0.2, 0) is 9.59 Å². The van der Waals surface area contributed by atoms with Crippen molar-refractivity contribution < 1.29 is 19.4 Å². The van der Waals surface area contributed by atoms with Gasteiger partial charge in [0.15, 0.2) is 11.5 Å². The largest absolute Gasteiger partial charge is 0.503 e. The highest BCUT2D eigenvalue weighted by atomic mass is 79.9. The number of hydrazone groups is 1. The Labute approximate surface area is 169 Å². The first-order chi connectivity index (χ1) is 12.8. The van der Waals surface area contributed by atoms with E-state index < -0.39 is 18.2 Å². The maximum Gasteiger partial charge on any atom is 0.249 e. The molecule has 0 spiro atoms. The zero-order chi connectivity index (χ0) is 20.0. The van der Waals surface area contributed by atoms with E-state index in [1.807, 2.05) is 6.92 Å². The van der Waals surface area contributed by atoms with Crippen LogP contribution < -0.4 is 15.5 Å². The Bertz CT molecular complexity index is 902. The monoisotopic (exact) mass is 453 g/mol. The molecule has 0 atom stereocenters. The quantitative estimate of drug-likeness (QED) is 0.353. The molecule has 2 amide bonds. The molecule has 0 aliphatic rings. The predicted octanol–water partition coefficient (Wildman–Crippen LogP) is 3.60. The van der Waals surface area contributed by atoms with Crippen molar-refractivity contribution in [2.45, 2.75) is 13.3 Å². The van der Waals surface area contributed by atoms with Crippen molar-refractivity contribution in [1.82, 2.24) is 5.43 Å². The molecule has 7 nitrogen and oxygen atoms in total. The number of nitrogens with one attached hydrogen (secondary N) is 2. The van der Waals surface area contributed by atoms with E-state index in [4.69, 9.17) is 16.3 Å². The van der Waals surface area contributed by atoms with Gasteiger partial charge in [0.1, 0.15) is 6.42 Å². The molecule has 3 N–H and O–H groups in total. The third-order valence-corrected chi connectivity index (χ3v) is 4.46. The SMILES string of the molecule is COc1cc(/C=N/NC(=O)CC(=O)Nc2ccc(C)c(Cl)c2)cc(Br)c1O. The molecule has 27 heavy (non-hydrogen) atoms. The van der Waals surface area contributed by atoms with Crippen molar-refractivity contribution in [2.75, 3.05) is 12.4 Å². The molecule has 0 heterocycles. The van der Waals surface area contributed by atoms with E-state index in [1.54, 1.807) is 30.3 Å². The summed E-state index contributed by atoms with van der Waals surface area (Å²) in [5, 5.41) is 16.7. The highest BCUT2D eigenvalue weighted by Gasteiger charge is 2.10. The van der Waals surface area contributed by atoms with Crippen LogP contribution in [0.15, 0.2) is 39.9 Å². The molecule has 9 heteroatoms. The van der Waals surface area contributed by atoms with Crippen LogP contribution in [0.25, 0.3) is 0 Å². The Kier molecular flexibility index (Phi) is 7.20. The maximum absolute atomic E-state index is 11.9. The van der Waals surface area contributed by atoms with E-state index >= 15 is 0 Å². The fraction of sp³-hybridized carbons (Fsp3) is 0.167. The molecule has 0 aromatic heterocycles. The van der Waals surface area contributed by atoms with Crippen LogP contribution in [0.1, 0.15) is 17.5 Å². The third kappa shape index (κ3) is 5.97. The Morgan fingerprint density at radius 1 is 1.30 bits per heavy atom. The lowest BCUT2D eigenvalue weighted by atomic mass is 10.2. The van der Waals surface area contributed by atoms with Crippen LogP contribution in [-0.4, -0.2) is 30.2 Å². The summed E-state index contributed by atoms with van der Waals surface area (Å²) in [6, 6.07) is 8.23. The smallest absolute Gasteiger partial charge is 0.249 e. The number of ether oxygens (including phenoxy) is 1. The van der Waals surface area contributed by atoms with E-state index in [2.05, 4.69) is 31.8 Å². The van der Waals surface area contributed by atoms with Crippen LogP contribution in [0.5, 0.6) is 11.5 Å². The number of aromatic hydroxyl groups is 1. The Morgan fingerprint density at radius 3 is 2.70 bits per heavy atom. The number of carbonyl (C=O) groups excluding carboxylic acids is 2. The van der Waals surface area contributed by atoms with Gasteiger partial charge in [0, 0.05) is 10.7 Å². The van der Waals surface area contributed by atoms with Gasteiger partial charge in [-0.1, -0.05) is 17.7 Å². The zero-order valence-corrected chi connectivity index (χ0v) is 16.9. The van der Waals surface area contributed by atoms with Crippen LogP contribution in [0.3, 0.4) is 0 Å². The molecular formula is C18H17BrClN3O4. The fourth-order valence-electron chi connectivity index (χ4n) is 2.06. The summed E-state index contributed by atoms with van der Waals surface area (Å²) in [6.45, 7) is 1.85. The number of phenolic OH excluding ortho intramolecular Hbond substituents is 1. The number of methoxy groups -OCH3 is 1. The summed E-state index contributed by atoms with van der Waals surface area (Å²) in [7, 11) is 1.42. The van der Waals surface area contributed by atoms with Crippen molar-refractivity contribution in [3.05, 3.63) is 51.0 Å². The lowest BCUT2D eigenvalue weighted by molar-refractivity contribution is -0.126. The second kappa shape index (κ2) is 9.38. The summed E-state index contributed by atoms with van der Waals surface area (Å²) in [6.07, 6.45) is 0.966. The average molecular weight is 455 g/mol. The van der Waals surface area contributed by atoms with Gasteiger partial charge < -0.3 is 15.2 Å². The highest BCUT2D eigenvalue weighted by molar-refractivity contribution is 9.10. The molecule has 0 aliphatic carbocycles. The van der Waals surface area contributed by atoms with Gasteiger partial charge in [-0.3, -0.25) is 9.59 Å². The molecule has 0 unspecified atom stereocenters. The van der Waals surface area contributed by atoms with Crippen molar-refractivity contribution in [3.63, 3.8) is 0 Å². The molecule has 0 fully saturated rings. The molecule has 0 aliphatic heterocycles. The number of halogens is 2. The number of benzene rings is 2. The number of hydrogen-bond donors (Lipinski definition) is 3. The van der Waals surface area contributed by atoms with Crippen LogP contribution in [0.2, 0.25) is 5.02 Å². The number of phenols is 1. The minimum Gasteiger partial charge on any atom is -0.503 e. The number of anilines is 1. The van der Waals surface area contributed by atoms with E-state index in [0.717, 1.165) is 5.56 Å². The zero-order valence-electron chi connectivity index (χ0n) is 14.5. The molecule has 2 aromatic carbocycles. The molecule has 142 valence electrons. The van der Waals surface area contributed by atoms with Gasteiger partial charge in [-0.15, -0.1) is 0 Å². The molecule has 0 bridgehead atoms. The first kappa shape index (κ1) is 20.7. The van der Waals surface area contributed by atoms with E-state index in [9.17, 15) is 14.7 Å². The molecule has 2 aromatic rings. The molecule has 0 saturated heterocycles. The van der Waals surface area contributed by atoms with Crippen molar-refractivity contribution in [3.8, 4) is 11.5 Å². The second-order valence-corrected chi connectivity index (χ2v) is 6.80. The summed E-state index contributed by atoms with van der Waals surface area (Å²) in [4.78, 5) is 23.7. The lowest BCUT2D eigenvalue weighted by Crippen LogP contribution is -2.24. The second-order valence-electron chi connectivity index (χ2n) is 5.54. The first-order valence-electron chi connectivity index (χ1n) is 7.74.